The van der Waals surface area contributed by atoms with Gasteiger partial charge in [0.2, 0.25) is 0 Å². The first-order chi connectivity index (χ1) is 12.7. The molecule has 0 aromatic heterocycles. The van der Waals surface area contributed by atoms with Crippen LogP contribution in [-0.2, 0) is 14.3 Å². The average Bonchev–Trinajstić information content (AvgIpc) is 2.91. The summed E-state index contributed by atoms with van der Waals surface area (Å²) in [6.45, 7) is 0.773. The number of amides is 1. The standard InChI is InChI=1S/C15H16N4O8/c1-8-5-10(18(23)24)13(11(6-8)19(25)26)16-12-9(15(22)27-2)7-17(3-4-20)14(12)21/h5-6,16,20H,3-4,7H2,1-2H3. The molecule has 2 N–H and O–H groups in total. The third-order valence-corrected chi connectivity index (χ3v) is 3.84. The third kappa shape index (κ3) is 3.84. The van der Waals surface area contributed by atoms with Gasteiger partial charge in [0.05, 0.1) is 35.7 Å². The number of esters is 1. The molecule has 0 spiro atoms. The minimum atomic E-state index is -0.872. The molecule has 0 radical (unpaired) electrons. The summed E-state index contributed by atoms with van der Waals surface area (Å²) in [7, 11) is 1.09. The second-order valence-corrected chi connectivity index (χ2v) is 5.61. The summed E-state index contributed by atoms with van der Waals surface area (Å²) in [4.78, 5) is 46.6. The number of aliphatic hydroxyl groups excluding tert-OH is 1. The molecule has 0 bridgehead atoms. The quantitative estimate of drug-likeness (QED) is 0.389. The highest BCUT2D eigenvalue weighted by molar-refractivity contribution is 6.09. The van der Waals surface area contributed by atoms with Gasteiger partial charge in [-0.3, -0.25) is 25.0 Å². The number of nitro groups is 2. The number of rotatable bonds is 7. The van der Waals surface area contributed by atoms with Crippen LogP contribution in [0.25, 0.3) is 0 Å². The number of ether oxygens (including phenoxy) is 1. The Morgan fingerprint density at radius 1 is 1.30 bits per heavy atom. The number of hydrogen-bond donors (Lipinski definition) is 2. The van der Waals surface area contributed by atoms with Crippen molar-refractivity contribution in [3.8, 4) is 0 Å². The number of nitro benzene ring substituents is 2. The maximum Gasteiger partial charge on any atom is 0.337 e. The van der Waals surface area contributed by atoms with Gasteiger partial charge < -0.3 is 20.1 Å². The van der Waals surface area contributed by atoms with Gasteiger partial charge in [-0.2, -0.15) is 0 Å². The molecule has 1 aliphatic rings. The molecule has 0 aliphatic carbocycles. The number of hydrogen-bond acceptors (Lipinski definition) is 9. The van der Waals surface area contributed by atoms with E-state index in [0.717, 1.165) is 24.1 Å². The molecule has 2 rings (SSSR count). The molecule has 1 aromatic carbocycles. The fraction of sp³-hybridized carbons (Fsp3) is 0.333. The SMILES string of the molecule is COC(=O)C1=C(Nc2c([N+](=O)[O-])cc(C)cc2[N+](=O)[O-])C(=O)N(CCO)C1. The molecule has 12 nitrogen and oxygen atoms in total. The van der Waals surface area contributed by atoms with Crippen molar-refractivity contribution in [1.82, 2.24) is 4.90 Å². The molecule has 1 heterocycles. The van der Waals surface area contributed by atoms with E-state index in [4.69, 9.17) is 5.11 Å². The van der Waals surface area contributed by atoms with Crippen LogP contribution in [0, 0.1) is 27.2 Å². The topological polar surface area (TPSA) is 165 Å². The van der Waals surface area contributed by atoms with Crippen molar-refractivity contribution in [2.45, 2.75) is 6.92 Å². The minimum absolute atomic E-state index is 0.0947. The Morgan fingerprint density at radius 3 is 2.30 bits per heavy atom. The number of carbonyl (C=O) groups excluding carboxylic acids is 2. The zero-order valence-corrected chi connectivity index (χ0v) is 14.4. The smallest absolute Gasteiger partial charge is 0.337 e. The van der Waals surface area contributed by atoms with Crippen LogP contribution in [-0.4, -0.2) is 58.5 Å². The number of aliphatic hydroxyl groups is 1. The molecule has 0 saturated carbocycles. The van der Waals surface area contributed by atoms with Gasteiger partial charge in [-0.15, -0.1) is 0 Å². The molecule has 0 saturated heterocycles. The molecule has 144 valence electrons. The lowest BCUT2D eigenvalue weighted by atomic mass is 10.1. The first-order valence-electron chi connectivity index (χ1n) is 7.63. The molecule has 12 heteroatoms. The monoisotopic (exact) mass is 380 g/mol. The highest BCUT2D eigenvalue weighted by atomic mass is 16.6. The van der Waals surface area contributed by atoms with E-state index in [0.29, 0.717) is 0 Å². The van der Waals surface area contributed by atoms with Crippen LogP contribution in [0.5, 0.6) is 0 Å². The Bertz CT molecular complexity index is 828. The van der Waals surface area contributed by atoms with E-state index < -0.39 is 38.8 Å². The Labute approximate surface area is 152 Å². The molecule has 27 heavy (non-hydrogen) atoms. The second kappa shape index (κ2) is 7.78. The largest absolute Gasteiger partial charge is 0.466 e. The van der Waals surface area contributed by atoms with Crippen molar-refractivity contribution >= 4 is 28.9 Å². The highest BCUT2D eigenvalue weighted by Gasteiger charge is 2.37. The second-order valence-electron chi connectivity index (χ2n) is 5.61. The number of aryl methyl sites for hydroxylation is 1. The summed E-state index contributed by atoms with van der Waals surface area (Å²) in [5, 5.41) is 34.1. The molecule has 1 amide bonds. The van der Waals surface area contributed by atoms with Crippen molar-refractivity contribution < 1.29 is 29.3 Å². The zero-order chi connectivity index (χ0) is 20.3. The van der Waals surface area contributed by atoms with E-state index in [9.17, 15) is 29.8 Å². The average molecular weight is 380 g/mol. The first-order valence-corrected chi connectivity index (χ1v) is 7.63. The van der Waals surface area contributed by atoms with E-state index in [1.807, 2.05) is 0 Å². The van der Waals surface area contributed by atoms with Crippen molar-refractivity contribution in [3.05, 3.63) is 49.2 Å². The Kier molecular flexibility index (Phi) is 5.70. The number of carbonyl (C=O) groups is 2. The lowest BCUT2D eigenvalue weighted by Crippen LogP contribution is -2.31. The first kappa shape index (κ1) is 19.8. The summed E-state index contributed by atoms with van der Waals surface area (Å²) in [6, 6.07) is 2.22. The maximum atomic E-state index is 12.5. The fourth-order valence-electron chi connectivity index (χ4n) is 2.64. The van der Waals surface area contributed by atoms with E-state index in [2.05, 4.69) is 10.1 Å². The summed E-state index contributed by atoms with van der Waals surface area (Å²) < 4.78 is 4.61. The molecule has 1 aliphatic heterocycles. The van der Waals surface area contributed by atoms with Crippen LogP contribution in [0.15, 0.2) is 23.4 Å². The summed E-state index contributed by atoms with van der Waals surface area (Å²) in [5.41, 5.74) is -2.00. The number of nitrogens with one attached hydrogen (secondary N) is 1. The predicted molar refractivity (Wildman–Crippen MR) is 90.8 cm³/mol. The van der Waals surface area contributed by atoms with E-state index in [-0.39, 0.29) is 36.5 Å². The van der Waals surface area contributed by atoms with Crippen molar-refractivity contribution in [3.63, 3.8) is 0 Å². The van der Waals surface area contributed by atoms with Crippen LogP contribution in [0.1, 0.15) is 5.56 Å². The van der Waals surface area contributed by atoms with Gasteiger partial charge in [0, 0.05) is 18.7 Å². The van der Waals surface area contributed by atoms with Crippen LogP contribution >= 0.6 is 0 Å². The number of β-amino-alcohol motifs (C(OH)–C–C–N with tert-alkyl or cyclic N) is 1. The van der Waals surface area contributed by atoms with Crippen LogP contribution in [0.4, 0.5) is 17.1 Å². The van der Waals surface area contributed by atoms with Crippen LogP contribution in [0.3, 0.4) is 0 Å². The maximum absolute atomic E-state index is 12.5. The molecule has 0 unspecified atom stereocenters. The highest BCUT2D eigenvalue weighted by Crippen LogP contribution is 2.37. The van der Waals surface area contributed by atoms with Gasteiger partial charge in [-0.25, -0.2) is 4.79 Å². The van der Waals surface area contributed by atoms with Crippen molar-refractivity contribution in [2.24, 2.45) is 0 Å². The molecular weight excluding hydrogens is 364 g/mol. The Hall–Kier alpha value is -3.54. The van der Waals surface area contributed by atoms with Gasteiger partial charge in [-0.1, -0.05) is 0 Å². The number of nitrogens with zero attached hydrogens (tertiary/aromatic N) is 3. The summed E-state index contributed by atoms with van der Waals surface area (Å²) in [5.74, 6) is -1.61. The van der Waals surface area contributed by atoms with Gasteiger partial charge in [0.25, 0.3) is 17.3 Å². The lowest BCUT2D eigenvalue weighted by molar-refractivity contribution is -0.392. The van der Waals surface area contributed by atoms with Crippen molar-refractivity contribution in [2.75, 3.05) is 32.1 Å². The van der Waals surface area contributed by atoms with Crippen LogP contribution < -0.4 is 5.32 Å². The summed E-state index contributed by atoms with van der Waals surface area (Å²) >= 11 is 0. The Morgan fingerprint density at radius 2 is 1.85 bits per heavy atom. The van der Waals surface area contributed by atoms with Crippen molar-refractivity contribution in [1.29, 1.82) is 0 Å². The molecule has 0 fully saturated rings. The van der Waals surface area contributed by atoms with Gasteiger partial charge in [0.15, 0.2) is 5.69 Å². The van der Waals surface area contributed by atoms with Crippen LogP contribution in [0.2, 0.25) is 0 Å². The molecule has 1 aromatic rings. The number of benzene rings is 1. The van der Waals surface area contributed by atoms with Gasteiger partial charge >= 0.3 is 5.97 Å². The molecular formula is C15H16N4O8. The predicted octanol–water partition coefficient (Wildman–Crippen LogP) is 0.485. The van der Waals surface area contributed by atoms with E-state index in [1.54, 1.807) is 0 Å². The molecule has 0 atom stereocenters. The number of anilines is 1. The normalized spacial score (nSPS) is 13.7. The Balaban J connectivity index is 2.62. The van der Waals surface area contributed by atoms with Gasteiger partial charge in [-0.05, 0) is 12.5 Å². The van der Waals surface area contributed by atoms with Gasteiger partial charge in [0.1, 0.15) is 5.70 Å². The third-order valence-electron chi connectivity index (χ3n) is 3.84. The minimum Gasteiger partial charge on any atom is -0.466 e. The van der Waals surface area contributed by atoms with E-state index in [1.165, 1.54) is 6.92 Å². The fourth-order valence-corrected chi connectivity index (χ4v) is 2.64. The van der Waals surface area contributed by atoms with E-state index >= 15 is 0 Å². The summed E-state index contributed by atoms with van der Waals surface area (Å²) in [6.07, 6.45) is 0. The number of methoxy groups -OCH3 is 1. The lowest BCUT2D eigenvalue weighted by Gasteiger charge is -2.15. The zero-order valence-electron chi connectivity index (χ0n) is 14.4.